The molecule has 0 bridgehead atoms. The van der Waals surface area contributed by atoms with E-state index in [1.165, 1.54) is 0 Å². The third kappa shape index (κ3) is 1.61. The molecule has 52 valence electrons. The van der Waals surface area contributed by atoms with Gasteiger partial charge >= 0.3 is 0 Å². The molecule has 1 aliphatic rings. The van der Waals surface area contributed by atoms with Crippen molar-refractivity contribution in [2.75, 3.05) is 0 Å². The predicted molar refractivity (Wildman–Crippen MR) is 39.2 cm³/mol. The van der Waals surface area contributed by atoms with Crippen molar-refractivity contribution in [3.8, 4) is 0 Å². The minimum absolute atomic E-state index is 0.0729. The van der Waals surface area contributed by atoms with Crippen molar-refractivity contribution in [3.05, 3.63) is 29.2 Å². The maximum atomic E-state index is 10.8. The normalized spacial score (nSPS) is 17.2. The van der Waals surface area contributed by atoms with Crippen LogP contribution in [0.4, 0.5) is 0 Å². The molecule has 0 unspecified atom stereocenters. The van der Waals surface area contributed by atoms with Crippen molar-refractivity contribution in [3.63, 3.8) is 0 Å². The molecule has 10 heavy (non-hydrogen) atoms. The summed E-state index contributed by atoms with van der Waals surface area (Å²) in [6, 6.07) is 0. The Balaban J connectivity index is 3.01. The van der Waals surface area contributed by atoms with E-state index in [4.69, 9.17) is 0 Å². The molecule has 2 heteroatoms. The molecule has 0 saturated carbocycles. The van der Waals surface area contributed by atoms with Crippen molar-refractivity contribution < 1.29 is 4.79 Å². The van der Waals surface area contributed by atoms with Gasteiger partial charge in [0.15, 0.2) is 0 Å². The van der Waals surface area contributed by atoms with Gasteiger partial charge in [0.05, 0.1) is 5.70 Å². The zero-order valence-corrected chi connectivity index (χ0v) is 6.06. The maximum absolute atomic E-state index is 10.8. The lowest BCUT2D eigenvalue weighted by Gasteiger charge is -1.94. The van der Waals surface area contributed by atoms with Crippen molar-refractivity contribution in [2.24, 2.45) is 0 Å². The molecule has 0 atom stereocenters. The topological polar surface area (TPSA) is 29.1 Å². The van der Waals surface area contributed by atoms with Gasteiger partial charge in [-0.25, -0.2) is 0 Å². The predicted octanol–water partition coefficient (Wildman–Crippen LogP) is 1.12. The first-order valence-corrected chi connectivity index (χ1v) is 3.11. The summed E-state index contributed by atoms with van der Waals surface area (Å²) in [4.78, 5) is 10.8. The molecule has 0 fully saturated rings. The quantitative estimate of drug-likeness (QED) is 0.495. The summed E-state index contributed by atoms with van der Waals surface area (Å²) >= 11 is 0. The fourth-order valence-electron chi connectivity index (χ4n) is 0.728. The van der Waals surface area contributed by atoms with E-state index in [0.29, 0.717) is 0 Å². The smallest absolute Gasteiger partial charge is 0.248 e. The van der Waals surface area contributed by atoms with Gasteiger partial charge in [0.25, 0.3) is 0 Å². The second kappa shape index (κ2) is 2.54. The molecule has 1 amide bonds. The number of carbonyl (C=O) groups excluding carboxylic acids is 1. The van der Waals surface area contributed by atoms with Crippen LogP contribution in [0.1, 0.15) is 13.8 Å². The molecule has 0 spiro atoms. The Hall–Kier alpha value is -1.27. The van der Waals surface area contributed by atoms with Gasteiger partial charge < -0.3 is 5.32 Å². The first-order valence-electron chi connectivity index (χ1n) is 3.11. The maximum Gasteiger partial charge on any atom is 0.248 e. The molecule has 0 aliphatic carbocycles. The van der Waals surface area contributed by atoms with E-state index in [1.807, 2.05) is 6.92 Å². The molecule has 0 aromatic carbocycles. The number of hydrogen-bond donors (Lipinski definition) is 1. The fraction of sp³-hybridized carbons (Fsp3) is 0.250. The van der Waals surface area contributed by atoms with Gasteiger partial charge in [-0.3, -0.25) is 4.79 Å². The number of rotatable bonds is 0. The fourth-order valence-corrected chi connectivity index (χ4v) is 0.728. The SMILES string of the molecule is CC1=C=CC(C)=CC(=O)N1. The third-order valence-electron chi connectivity index (χ3n) is 1.19. The standard InChI is InChI=1S/C8H9NO/c1-6-3-4-7(2)9-8(10)5-6/h3,5H,1-2H3,(H,9,10). The molecular weight excluding hydrogens is 126 g/mol. The van der Waals surface area contributed by atoms with Crippen LogP contribution in [0, 0.1) is 0 Å². The summed E-state index contributed by atoms with van der Waals surface area (Å²) in [7, 11) is 0. The number of allylic oxidation sites excluding steroid dienone is 2. The molecule has 0 saturated heterocycles. The van der Waals surface area contributed by atoms with Crippen LogP contribution in [0.5, 0.6) is 0 Å². The van der Waals surface area contributed by atoms with Crippen LogP contribution in [-0.4, -0.2) is 5.91 Å². The minimum Gasteiger partial charge on any atom is -0.320 e. The zero-order valence-electron chi connectivity index (χ0n) is 6.06. The third-order valence-corrected chi connectivity index (χ3v) is 1.19. The van der Waals surface area contributed by atoms with Gasteiger partial charge in [-0.15, -0.1) is 0 Å². The van der Waals surface area contributed by atoms with Gasteiger partial charge in [-0.05, 0) is 25.5 Å². The summed E-state index contributed by atoms with van der Waals surface area (Å²) in [5.74, 6) is -0.0729. The summed E-state index contributed by atoms with van der Waals surface area (Å²) in [5, 5.41) is 2.63. The van der Waals surface area contributed by atoms with E-state index in [-0.39, 0.29) is 5.91 Å². The van der Waals surface area contributed by atoms with Crippen molar-refractivity contribution in [1.82, 2.24) is 5.32 Å². The van der Waals surface area contributed by atoms with Crippen molar-refractivity contribution >= 4 is 5.91 Å². The molecule has 0 aromatic heterocycles. The Morgan fingerprint density at radius 1 is 1.50 bits per heavy atom. The summed E-state index contributed by atoms with van der Waals surface area (Å²) in [5.41, 5.74) is 4.60. The molecular formula is C8H9NO. The van der Waals surface area contributed by atoms with Crippen LogP contribution < -0.4 is 5.32 Å². The van der Waals surface area contributed by atoms with Crippen LogP contribution in [0.25, 0.3) is 0 Å². The Morgan fingerprint density at radius 3 is 2.90 bits per heavy atom. The van der Waals surface area contributed by atoms with Crippen molar-refractivity contribution in [2.45, 2.75) is 13.8 Å². The molecule has 1 N–H and O–H groups in total. The average molecular weight is 135 g/mol. The summed E-state index contributed by atoms with van der Waals surface area (Å²) < 4.78 is 0. The van der Waals surface area contributed by atoms with Crippen LogP contribution >= 0.6 is 0 Å². The van der Waals surface area contributed by atoms with Gasteiger partial charge in [0, 0.05) is 6.08 Å². The van der Waals surface area contributed by atoms with Crippen LogP contribution in [0.3, 0.4) is 0 Å². The lowest BCUT2D eigenvalue weighted by atomic mass is 10.3. The molecule has 1 aliphatic heterocycles. The highest BCUT2D eigenvalue weighted by molar-refractivity contribution is 5.90. The monoisotopic (exact) mass is 135 g/mol. The van der Waals surface area contributed by atoms with Crippen LogP contribution in [0.15, 0.2) is 29.2 Å². The average Bonchev–Trinajstić information content (AvgIpc) is 1.93. The van der Waals surface area contributed by atoms with E-state index in [2.05, 4.69) is 11.0 Å². The highest BCUT2D eigenvalue weighted by atomic mass is 16.1. The number of carbonyl (C=O) groups is 1. The van der Waals surface area contributed by atoms with E-state index in [0.717, 1.165) is 11.3 Å². The Labute approximate surface area is 59.9 Å². The van der Waals surface area contributed by atoms with E-state index < -0.39 is 0 Å². The highest BCUT2D eigenvalue weighted by Crippen LogP contribution is 1.98. The first-order chi connectivity index (χ1) is 4.68. The number of amides is 1. The van der Waals surface area contributed by atoms with Gasteiger partial charge in [0.1, 0.15) is 0 Å². The van der Waals surface area contributed by atoms with E-state index in [1.54, 1.807) is 19.1 Å². The van der Waals surface area contributed by atoms with E-state index >= 15 is 0 Å². The summed E-state index contributed by atoms with van der Waals surface area (Å²) in [6.45, 7) is 3.67. The molecule has 0 radical (unpaired) electrons. The highest BCUT2D eigenvalue weighted by Gasteiger charge is 1.98. The lowest BCUT2D eigenvalue weighted by Crippen LogP contribution is -2.17. The number of hydrogen-bond acceptors (Lipinski definition) is 1. The van der Waals surface area contributed by atoms with Crippen LogP contribution in [-0.2, 0) is 4.79 Å². The Kier molecular flexibility index (Phi) is 1.74. The second-order valence-electron chi connectivity index (χ2n) is 2.29. The Morgan fingerprint density at radius 2 is 2.20 bits per heavy atom. The van der Waals surface area contributed by atoms with E-state index in [9.17, 15) is 4.79 Å². The first kappa shape index (κ1) is 6.84. The number of nitrogens with one attached hydrogen (secondary N) is 1. The molecule has 2 nitrogen and oxygen atoms in total. The van der Waals surface area contributed by atoms with Gasteiger partial charge in [0.2, 0.25) is 5.91 Å². The lowest BCUT2D eigenvalue weighted by molar-refractivity contribution is -0.115. The van der Waals surface area contributed by atoms with Crippen molar-refractivity contribution in [1.29, 1.82) is 0 Å². The van der Waals surface area contributed by atoms with Gasteiger partial charge in [-0.2, -0.15) is 0 Å². The second-order valence-corrected chi connectivity index (χ2v) is 2.29. The minimum atomic E-state index is -0.0729. The Bertz CT molecular complexity index is 254. The van der Waals surface area contributed by atoms with Crippen LogP contribution in [0.2, 0.25) is 0 Å². The molecule has 1 heterocycles. The molecule has 1 rings (SSSR count). The zero-order chi connectivity index (χ0) is 7.56. The summed E-state index contributed by atoms with van der Waals surface area (Å²) in [6.07, 6.45) is 3.33. The van der Waals surface area contributed by atoms with Gasteiger partial charge in [-0.1, -0.05) is 5.73 Å². The molecule has 0 aromatic rings. The largest absolute Gasteiger partial charge is 0.320 e.